The summed E-state index contributed by atoms with van der Waals surface area (Å²) in [5.41, 5.74) is 0.884. The van der Waals surface area contributed by atoms with Gasteiger partial charge < -0.3 is 10.1 Å². The number of nitrogens with one attached hydrogen (secondary N) is 1. The Balaban J connectivity index is 1.22. The van der Waals surface area contributed by atoms with E-state index in [1.807, 2.05) is 68.4 Å². The minimum absolute atomic E-state index is 0.0220. The van der Waals surface area contributed by atoms with E-state index in [0.717, 1.165) is 29.5 Å². The van der Waals surface area contributed by atoms with Gasteiger partial charge in [-0.05, 0) is 86.5 Å². The zero-order valence-corrected chi connectivity index (χ0v) is 20.5. The van der Waals surface area contributed by atoms with Crippen LogP contribution in [0.5, 0.6) is 0 Å². The summed E-state index contributed by atoms with van der Waals surface area (Å²) in [5.74, 6) is 0.556. The molecule has 5 atom stereocenters. The third kappa shape index (κ3) is 5.05. The maximum atomic E-state index is 15.1. The third-order valence-corrected chi connectivity index (χ3v) is 8.31. The highest BCUT2D eigenvalue weighted by atomic mass is 19.1. The predicted octanol–water partition coefficient (Wildman–Crippen LogP) is 5.75. The van der Waals surface area contributed by atoms with E-state index in [4.69, 9.17) is 4.74 Å². The normalized spacial score (nSPS) is 29.3. The lowest BCUT2D eigenvalue weighted by Gasteiger charge is -2.57. The van der Waals surface area contributed by atoms with E-state index in [0.29, 0.717) is 25.2 Å². The van der Waals surface area contributed by atoms with Crippen molar-refractivity contribution in [1.82, 2.24) is 5.32 Å². The molecule has 4 aliphatic rings. The lowest BCUT2D eigenvalue weighted by Crippen LogP contribution is -2.61. The second kappa shape index (κ2) is 9.25. The molecule has 2 aromatic carbocycles. The molecule has 0 heterocycles. The molecule has 4 aliphatic carbocycles. The van der Waals surface area contributed by atoms with Crippen LogP contribution >= 0.6 is 0 Å². The standard InChI is InChI=1S/C30H34FNO3/c1-29(2,28(34)32-27-23-13-22-14-24(27)18-30(31,16-22)17-23)25-10-6-9-20(15-25)11-12-26(33)35-19-21-7-4-3-5-8-21/h3-12,15,22-24,27H,13-14,16-19H2,1-2H3,(H,32,34)/t22?,23-,24+,27?,30?. The first-order valence-electron chi connectivity index (χ1n) is 12.7. The maximum Gasteiger partial charge on any atom is 0.331 e. The Morgan fingerprint density at radius 1 is 1.06 bits per heavy atom. The van der Waals surface area contributed by atoms with Gasteiger partial charge in [0.05, 0.1) is 5.41 Å². The molecule has 5 heteroatoms. The highest BCUT2D eigenvalue weighted by Crippen LogP contribution is 2.57. The van der Waals surface area contributed by atoms with Gasteiger partial charge in [-0.25, -0.2) is 9.18 Å². The Labute approximate surface area is 207 Å². The fourth-order valence-corrected chi connectivity index (χ4v) is 6.60. The third-order valence-electron chi connectivity index (χ3n) is 8.31. The van der Waals surface area contributed by atoms with E-state index in [9.17, 15) is 9.59 Å². The Bertz CT molecular complexity index is 1110. The number of carbonyl (C=O) groups excluding carboxylic acids is 2. The van der Waals surface area contributed by atoms with Gasteiger partial charge in [0.2, 0.25) is 5.91 Å². The summed E-state index contributed by atoms with van der Waals surface area (Å²) in [6.45, 7) is 4.07. The second-order valence-electron chi connectivity index (χ2n) is 11.3. The quantitative estimate of drug-likeness (QED) is 0.410. The van der Waals surface area contributed by atoms with Crippen molar-refractivity contribution in [2.75, 3.05) is 0 Å². The van der Waals surface area contributed by atoms with Crippen molar-refractivity contribution in [3.05, 3.63) is 77.4 Å². The van der Waals surface area contributed by atoms with Gasteiger partial charge in [-0.2, -0.15) is 0 Å². The first-order valence-corrected chi connectivity index (χ1v) is 12.7. The van der Waals surface area contributed by atoms with Crippen molar-refractivity contribution in [2.45, 2.75) is 69.7 Å². The molecule has 0 radical (unpaired) electrons. The molecular weight excluding hydrogens is 441 g/mol. The van der Waals surface area contributed by atoms with Gasteiger partial charge in [-0.15, -0.1) is 0 Å². The Morgan fingerprint density at radius 3 is 2.46 bits per heavy atom. The van der Waals surface area contributed by atoms with Crippen molar-refractivity contribution in [2.24, 2.45) is 17.8 Å². The molecule has 6 rings (SSSR count). The van der Waals surface area contributed by atoms with Crippen LogP contribution < -0.4 is 5.32 Å². The largest absolute Gasteiger partial charge is 0.458 e. The zero-order valence-electron chi connectivity index (χ0n) is 20.5. The number of amides is 1. The summed E-state index contributed by atoms with van der Waals surface area (Å²) in [5, 5.41) is 3.32. The molecule has 0 aliphatic heterocycles. The van der Waals surface area contributed by atoms with Crippen LogP contribution in [0.2, 0.25) is 0 Å². The first kappa shape index (κ1) is 23.8. The molecule has 0 saturated heterocycles. The molecule has 0 spiro atoms. The average molecular weight is 476 g/mol. The van der Waals surface area contributed by atoms with Crippen molar-refractivity contribution >= 4 is 18.0 Å². The highest BCUT2D eigenvalue weighted by Gasteiger charge is 2.56. The van der Waals surface area contributed by atoms with Crippen molar-refractivity contribution in [3.63, 3.8) is 0 Å². The van der Waals surface area contributed by atoms with Gasteiger partial charge in [-0.1, -0.05) is 54.6 Å². The minimum Gasteiger partial charge on any atom is -0.458 e. The number of hydrogen-bond donors (Lipinski definition) is 1. The summed E-state index contributed by atoms with van der Waals surface area (Å²) in [6, 6.07) is 17.3. The number of hydrogen-bond acceptors (Lipinski definition) is 3. The van der Waals surface area contributed by atoms with E-state index in [-0.39, 0.29) is 30.4 Å². The molecule has 4 fully saturated rings. The Morgan fingerprint density at radius 2 is 1.77 bits per heavy atom. The molecule has 4 nitrogen and oxygen atoms in total. The van der Waals surface area contributed by atoms with Crippen molar-refractivity contribution in [3.8, 4) is 0 Å². The molecule has 4 saturated carbocycles. The summed E-state index contributed by atoms with van der Waals surface area (Å²) in [6.07, 6.45) is 7.09. The van der Waals surface area contributed by atoms with Crippen LogP contribution in [0.3, 0.4) is 0 Å². The summed E-state index contributed by atoms with van der Waals surface area (Å²) in [4.78, 5) is 25.6. The maximum absolute atomic E-state index is 15.1. The van der Waals surface area contributed by atoms with Crippen LogP contribution in [0.15, 0.2) is 60.7 Å². The molecule has 1 N–H and O–H groups in total. The van der Waals surface area contributed by atoms with E-state index >= 15 is 4.39 Å². The second-order valence-corrected chi connectivity index (χ2v) is 11.3. The van der Waals surface area contributed by atoms with Crippen LogP contribution in [0.25, 0.3) is 6.08 Å². The first-order chi connectivity index (χ1) is 16.7. The molecule has 0 aromatic heterocycles. The number of alkyl halides is 1. The molecule has 1 amide bonds. The number of ether oxygens (including phenoxy) is 1. The van der Waals surface area contributed by atoms with Gasteiger partial charge in [0.15, 0.2) is 0 Å². The number of carbonyl (C=O) groups is 2. The Kier molecular flexibility index (Phi) is 6.29. The van der Waals surface area contributed by atoms with Crippen LogP contribution in [-0.2, 0) is 26.3 Å². The molecular formula is C30H34FNO3. The smallest absolute Gasteiger partial charge is 0.331 e. The molecule has 2 aromatic rings. The number of rotatable bonds is 7. The van der Waals surface area contributed by atoms with Crippen LogP contribution in [0.4, 0.5) is 4.39 Å². The van der Waals surface area contributed by atoms with E-state index in [1.165, 1.54) is 6.08 Å². The van der Waals surface area contributed by atoms with Crippen LogP contribution in [-0.4, -0.2) is 23.6 Å². The number of benzene rings is 2. The summed E-state index contributed by atoms with van der Waals surface area (Å²) in [7, 11) is 0. The highest BCUT2D eigenvalue weighted by molar-refractivity contribution is 5.89. The van der Waals surface area contributed by atoms with Gasteiger partial charge in [-0.3, -0.25) is 4.79 Å². The fraction of sp³-hybridized carbons (Fsp3) is 0.467. The zero-order chi connectivity index (χ0) is 24.6. The van der Waals surface area contributed by atoms with Gasteiger partial charge in [0.25, 0.3) is 0 Å². The van der Waals surface area contributed by atoms with Gasteiger partial charge in [0.1, 0.15) is 12.3 Å². The summed E-state index contributed by atoms with van der Waals surface area (Å²) < 4.78 is 20.4. The monoisotopic (exact) mass is 475 g/mol. The molecule has 184 valence electrons. The summed E-state index contributed by atoms with van der Waals surface area (Å²) >= 11 is 0. The van der Waals surface area contributed by atoms with E-state index < -0.39 is 17.1 Å². The predicted molar refractivity (Wildman–Crippen MR) is 134 cm³/mol. The average Bonchev–Trinajstić information content (AvgIpc) is 2.83. The molecule has 3 unspecified atom stereocenters. The lowest BCUT2D eigenvalue weighted by molar-refractivity contribution is -0.139. The van der Waals surface area contributed by atoms with Gasteiger partial charge in [0, 0.05) is 12.1 Å². The van der Waals surface area contributed by atoms with E-state index in [2.05, 4.69) is 5.32 Å². The fourth-order valence-electron chi connectivity index (χ4n) is 6.60. The minimum atomic E-state index is -1.00. The SMILES string of the molecule is CC(C)(C(=O)NC1[C@@H]2CC3C[C@H]1CC(F)(C3)C2)c1cccc(C=CC(=O)OCc2ccccc2)c1. The van der Waals surface area contributed by atoms with Crippen LogP contribution in [0, 0.1) is 17.8 Å². The lowest BCUT2D eigenvalue weighted by atomic mass is 9.53. The van der Waals surface area contributed by atoms with Crippen molar-refractivity contribution < 1.29 is 18.7 Å². The number of halogens is 1. The Hall–Kier alpha value is -2.95. The van der Waals surface area contributed by atoms with Crippen LogP contribution in [0.1, 0.15) is 62.6 Å². The molecule has 35 heavy (non-hydrogen) atoms. The topological polar surface area (TPSA) is 55.4 Å². The molecule has 4 bridgehead atoms. The number of esters is 1. The van der Waals surface area contributed by atoms with E-state index in [1.54, 1.807) is 6.08 Å². The van der Waals surface area contributed by atoms with Gasteiger partial charge >= 0.3 is 5.97 Å². The van der Waals surface area contributed by atoms with Crippen molar-refractivity contribution in [1.29, 1.82) is 0 Å².